The Kier molecular flexibility index (Phi) is 4.21. The lowest BCUT2D eigenvalue weighted by molar-refractivity contribution is 1.03. The standard InChI is InChI=1S/C15H13N3.2ClH/c1-2-6-13-11(4-1)12-5-3-7-14(15(12)17-13)18-9-8-16-10-18;;/h1-7,10,17H,8-9H2;2*1H. The molecule has 1 aliphatic heterocycles. The van der Waals surface area contributed by atoms with Crippen LogP contribution in [0.4, 0.5) is 5.69 Å². The average molecular weight is 308 g/mol. The van der Waals surface area contributed by atoms with E-state index in [1.165, 1.54) is 27.5 Å². The van der Waals surface area contributed by atoms with E-state index in [0.29, 0.717) is 0 Å². The molecule has 20 heavy (non-hydrogen) atoms. The zero-order valence-corrected chi connectivity index (χ0v) is 12.4. The molecule has 0 amide bonds. The fourth-order valence-electron chi connectivity index (χ4n) is 2.66. The Bertz CT molecular complexity index is 764. The minimum absolute atomic E-state index is 0. The lowest BCUT2D eigenvalue weighted by atomic mass is 10.1. The number of benzene rings is 2. The van der Waals surface area contributed by atoms with Crippen LogP contribution in [-0.4, -0.2) is 24.4 Å². The van der Waals surface area contributed by atoms with Gasteiger partial charge in [0.15, 0.2) is 0 Å². The summed E-state index contributed by atoms with van der Waals surface area (Å²) >= 11 is 0. The maximum atomic E-state index is 4.29. The monoisotopic (exact) mass is 307 g/mol. The van der Waals surface area contributed by atoms with E-state index in [4.69, 9.17) is 0 Å². The van der Waals surface area contributed by atoms with Gasteiger partial charge in [0.05, 0.1) is 24.1 Å². The van der Waals surface area contributed by atoms with Gasteiger partial charge >= 0.3 is 0 Å². The normalized spacial score (nSPS) is 13.5. The predicted octanol–water partition coefficient (Wildman–Crippen LogP) is 4.01. The van der Waals surface area contributed by atoms with Crippen molar-refractivity contribution in [3.05, 3.63) is 42.5 Å². The number of nitrogens with zero attached hydrogens (tertiary/aromatic N) is 2. The molecular formula is C15H15Cl2N3. The molecule has 0 spiro atoms. The van der Waals surface area contributed by atoms with Gasteiger partial charge in [-0.05, 0) is 12.1 Å². The molecule has 2 aromatic carbocycles. The van der Waals surface area contributed by atoms with Crippen molar-refractivity contribution in [1.82, 2.24) is 4.98 Å². The van der Waals surface area contributed by atoms with Crippen LogP contribution in [0.2, 0.25) is 0 Å². The number of aromatic nitrogens is 1. The SMILES string of the molecule is C1=NCCN1c1cccc2c1[nH]c1ccccc12.Cl.Cl. The van der Waals surface area contributed by atoms with E-state index < -0.39 is 0 Å². The van der Waals surface area contributed by atoms with Crippen molar-refractivity contribution in [2.24, 2.45) is 4.99 Å². The molecule has 0 bridgehead atoms. The largest absolute Gasteiger partial charge is 0.353 e. The number of H-pyrrole nitrogens is 1. The smallest absolute Gasteiger partial charge is 0.0896 e. The van der Waals surface area contributed by atoms with Crippen LogP contribution in [-0.2, 0) is 0 Å². The third kappa shape index (κ3) is 2.13. The van der Waals surface area contributed by atoms with Gasteiger partial charge in [-0.2, -0.15) is 0 Å². The summed E-state index contributed by atoms with van der Waals surface area (Å²) in [4.78, 5) is 10.0. The number of halogens is 2. The Morgan fingerprint density at radius 3 is 2.55 bits per heavy atom. The van der Waals surface area contributed by atoms with E-state index in [9.17, 15) is 0 Å². The predicted molar refractivity (Wildman–Crippen MR) is 91.0 cm³/mol. The zero-order chi connectivity index (χ0) is 11.9. The molecular weight excluding hydrogens is 293 g/mol. The first-order chi connectivity index (χ1) is 8.93. The fourth-order valence-corrected chi connectivity index (χ4v) is 2.66. The minimum atomic E-state index is 0. The van der Waals surface area contributed by atoms with Gasteiger partial charge in [-0.25, -0.2) is 0 Å². The summed E-state index contributed by atoms with van der Waals surface area (Å²) in [5.41, 5.74) is 3.60. The Morgan fingerprint density at radius 1 is 0.950 bits per heavy atom. The van der Waals surface area contributed by atoms with Gasteiger partial charge in [-0.15, -0.1) is 24.8 Å². The minimum Gasteiger partial charge on any atom is -0.353 e. The Balaban J connectivity index is 0.000000735. The number of anilines is 1. The molecule has 3 nitrogen and oxygen atoms in total. The van der Waals surface area contributed by atoms with Gasteiger partial charge in [-0.1, -0.05) is 30.3 Å². The van der Waals surface area contributed by atoms with Crippen molar-refractivity contribution in [2.75, 3.05) is 18.0 Å². The van der Waals surface area contributed by atoms with Gasteiger partial charge in [0.2, 0.25) is 0 Å². The van der Waals surface area contributed by atoms with E-state index in [1.54, 1.807) is 0 Å². The first-order valence-electron chi connectivity index (χ1n) is 6.19. The second-order valence-corrected chi connectivity index (χ2v) is 4.59. The van der Waals surface area contributed by atoms with Crippen LogP contribution < -0.4 is 4.90 Å². The highest BCUT2D eigenvalue weighted by Gasteiger charge is 2.13. The average Bonchev–Trinajstić information content (AvgIpc) is 3.05. The molecule has 1 N–H and O–H groups in total. The molecule has 4 rings (SSSR count). The number of aromatic amines is 1. The Hall–Kier alpha value is -1.71. The number of para-hydroxylation sites is 2. The highest BCUT2D eigenvalue weighted by atomic mass is 35.5. The first-order valence-corrected chi connectivity index (χ1v) is 6.19. The zero-order valence-electron chi connectivity index (χ0n) is 10.7. The van der Waals surface area contributed by atoms with Crippen molar-refractivity contribution in [3.8, 4) is 0 Å². The van der Waals surface area contributed by atoms with Crippen molar-refractivity contribution in [2.45, 2.75) is 0 Å². The molecule has 0 radical (unpaired) electrons. The summed E-state index contributed by atoms with van der Waals surface area (Å²) in [5.74, 6) is 0. The highest BCUT2D eigenvalue weighted by molar-refractivity contribution is 6.12. The molecule has 0 aliphatic carbocycles. The molecule has 0 saturated carbocycles. The van der Waals surface area contributed by atoms with Gasteiger partial charge < -0.3 is 9.88 Å². The molecule has 1 aliphatic rings. The van der Waals surface area contributed by atoms with E-state index >= 15 is 0 Å². The quantitative estimate of drug-likeness (QED) is 0.723. The van der Waals surface area contributed by atoms with Crippen LogP contribution in [0.1, 0.15) is 0 Å². The fraction of sp³-hybridized carbons (Fsp3) is 0.133. The number of rotatable bonds is 1. The number of aliphatic imine (C=N–C) groups is 1. The van der Waals surface area contributed by atoms with Crippen molar-refractivity contribution >= 4 is 58.6 Å². The third-order valence-corrected chi connectivity index (χ3v) is 3.52. The van der Waals surface area contributed by atoms with Crippen molar-refractivity contribution in [1.29, 1.82) is 0 Å². The number of hydrogen-bond donors (Lipinski definition) is 1. The van der Waals surface area contributed by atoms with Gasteiger partial charge in [-0.3, -0.25) is 4.99 Å². The van der Waals surface area contributed by atoms with Crippen LogP contribution in [0.3, 0.4) is 0 Å². The van der Waals surface area contributed by atoms with Crippen LogP contribution in [0.15, 0.2) is 47.5 Å². The highest BCUT2D eigenvalue weighted by Crippen LogP contribution is 2.32. The second kappa shape index (κ2) is 5.73. The lowest BCUT2D eigenvalue weighted by Gasteiger charge is -2.14. The topological polar surface area (TPSA) is 31.4 Å². The molecule has 0 unspecified atom stereocenters. The Labute approximate surface area is 129 Å². The van der Waals surface area contributed by atoms with Gasteiger partial charge in [0, 0.05) is 22.8 Å². The van der Waals surface area contributed by atoms with Crippen molar-refractivity contribution in [3.63, 3.8) is 0 Å². The van der Waals surface area contributed by atoms with Crippen LogP contribution in [0.25, 0.3) is 21.8 Å². The van der Waals surface area contributed by atoms with Crippen molar-refractivity contribution < 1.29 is 0 Å². The van der Waals surface area contributed by atoms with E-state index in [1.807, 2.05) is 6.34 Å². The summed E-state index contributed by atoms with van der Waals surface area (Å²) in [6.45, 7) is 1.85. The maximum absolute atomic E-state index is 4.29. The summed E-state index contributed by atoms with van der Waals surface area (Å²) in [6, 6.07) is 14.9. The van der Waals surface area contributed by atoms with E-state index in [2.05, 4.69) is 57.3 Å². The number of nitrogens with one attached hydrogen (secondary N) is 1. The molecule has 0 fully saturated rings. The summed E-state index contributed by atoms with van der Waals surface area (Å²) in [5, 5.41) is 2.56. The maximum Gasteiger partial charge on any atom is 0.0896 e. The molecule has 1 aromatic heterocycles. The molecule has 3 aromatic rings. The third-order valence-electron chi connectivity index (χ3n) is 3.52. The first kappa shape index (κ1) is 14.7. The summed E-state index contributed by atoms with van der Waals surface area (Å²) < 4.78 is 0. The Morgan fingerprint density at radius 2 is 1.75 bits per heavy atom. The van der Waals surface area contributed by atoms with Crippen LogP contribution in [0, 0.1) is 0 Å². The number of hydrogen-bond acceptors (Lipinski definition) is 2. The van der Waals surface area contributed by atoms with Crippen LogP contribution in [0.5, 0.6) is 0 Å². The molecule has 0 atom stereocenters. The second-order valence-electron chi connectivity index (χ2n) is 4.59. The number of fused-ring (bicyclic) bond motifs is 3. The van der Waals surface area contributed by atoms with Gasteiger partial charge in [0.25, 0.3) is 0 Å². The van der Waals surface area contributed by atoms with E-state index in [0.717, 1.165) is 13.1 Å². The van der Waals surface area contributed by atoms with E-state index in [-0.39, 0.29) is 24.8 Å². The molecule has 5 heteroatoms. The lowest BCUT2D eigenvalue weighted by Crippen LogP contribution is -2.18. The molecule has 0 saturated heterocycles. The van der Waals surface area contributed by atoms with Gasteiger partial charge in [0.1, 0.15) is 0 Å². The van der Waals surface area contributed by atoms with Crippen LogP contribution >= 0.6 is 24.8 Å². The molecule has 104 valence electrons. The molecule has 2 heterocycles. The summed E-state index contributed by atoms with van der Waals surface area (Å²) in [6.07, 6.45) is 1.93. The summed E-state index contributed by atoms with van der Waals surface area (Å²) in [7, 11) is 0.